The van der Waals surface area contributed by atoms with Gasteiger partial charge < -0.3 is 14.8 Å². The molecule has 2 aromatic rings. The van der Waals surface area contributed by atoms with E-state index >= 15 is 0 Å². The van der Waals surface area contributed by atoms with E-state index in [1.165, 1.54) is 5.56 Å². The lowest BCUT2D eigenvalue weighted by Gasteiger charge is -2.30. The smallest absolute Gasteiger partial charge is 0.233 e. The van der Waals surface area contributed by atoms with Crippen LogP contribution in [0.25, 0.3) is 0 Å². The molecule has 1 aromatic heterocycles. The molecule has 0 bridgehead atoms. The van der Waals surface area contributed by atoms with Crippen molar-refractivity contribution >= 4 is 13.4 Å². The van der Waals surface area contributed by atoms with E-state index in [1.54, 1.807) is 16.8 Å². The minimum absolute atomic E-state index is 0.0648. The SMILES string of the molecule is COc1ccc([C@@H]2CC[C@H](ON=[N+]([O-])N(CCn3cc([Si](C)(C)C)nn3)C(C)(C)C)C2)cc1. The van der Waals surface area contributed by atoms with E-state index in [-0.39, 0.29) is 6.10 Å². The van der Waals surface area contributed by atoms with Crippen LogP contribution in [0, 0.1) is 5.21 Å². The van der Waals surface area contributed by atoms with Gasteiger partial charge in [-0.1, -0.05) is 37.0 Å². The van der Waals surface area contributed by atoms with Crippen LogP contribution in [0.4, 0.5) is 0 Å². The molecule has 0 spiro atoms. The number of ether oxygens (including phenoxy) is 1. The van der Waals surface area contributed by atoms with Crippen LogP contribution < -0.4 is 10.1 Å². The number of hydrazine groups is 1. The molecule has 0 N–H and O–H groups in total. The summed E-state index contributed by atoms with van der Waals surface area (Å²) >= 11 is 0. The normalized spacial score (nSPS) is 19.5. The molecule has 1 aliphatic carbocycles. The third kappa shape index (κ3) is 6.69. The Morgan fingerprint density at radius 3 is 2.48 bits per heavy atom. The van der Waals surface area contributed by atoms with Crippen molar-refractivity contribution in [3.8, 4) is 5.75 Å². The summed E-state index contributed by atoms with van der Waals surface area (Å²) in [5, 5.41) is 28.0. The third-order valence-corrected chi connectivity index (χ3v) is 7.83. The van der Waals surface area contributed by atoms with Crippen LogP contribution in [0.3, 0.4) is 0 Å². The van der Waals surface area contributed by atoms with Crippen molar-refractivity contribution in [3.05, 3.63) is 41.2 Å². The summed E-state index contributed by atoms with van der Waals surface area (Å²) in [4.78, 5) is 6.28. The molecule has 1 heterocycles. The summed E-state index contributed by atoms with van der Waals surface area (Å²) < 4.78 is 7.04. The molecule has 0 radical (unpaired) electrons. The Hall–Kier alpha value is -2.62. The molecule has 1 aliphatic rings. The second-order valence-electron chi connectivity index (χ2n) is 10.8. The molecule has 1 saturated carbocycles. The molecule has 3 rings (SSSR count). The van der Waals surface area contributed by atoms with Gasteiger partial charge in [0.25, 0.3) is 0 Å². The van der Waals surface area contributed by atoms with Gasteiger partial charge >= 0.3 is 0 Å². The van der Waals surface area contributed by atoms with E-state index in [9.17, 15) is 5.21 Å². The maximum absolute atomic E-state index is 12.9. The molecule has 9 nitrogen and oxygen atoms in total. The number of rotatable bonds is 9. The van der Waals surface area contributed by atoms with Gasteiger partial charge in [-0.15, -0.1) is 10.1 Å². The van der Waals surface area contributed by atoms with Crippen LogP contribution in [0.5, 0.6) is 5.75 Å². The average molecular weight is 475 g/mol. The van der Waals surface area contributed by atoms with Crippen LogP contribution >= 0.6 is 0 Å². The molecule has 33 heavy (non-hydrogen) atoms. The number of nitrogens with zero attached hydrogens (tertiary/aromatic N) is 6. The van der Waals surface area contributed by atoms with Crippen molar-refractivity contribution in [1.82, 2.24) is 20.0 Å². The summed E-state index contributed by atoms with van der Waals surface area (Å²) in [7, 11) is 0.154. The van der Waals surface area contributed by atoms with Crippen LogP contribution in [-0.2, 0) is 11.4 Å². The maximum atomic E-state index is 12.9. The van der Waals surface area contributed by atoms with Gasteiger partial charge in [0.05, 0.1) is 36.0 Å². The first-order chi connectivity index (χ1) is 15.5. The van der Waals surface area contributed by atoms with Crippen molar-refractivity contribution in [1.29, 1.82) is 0 Å². The van der Waals surface area contributed by atoms with E-state index in [1.807, 2.05) is 39.1 Å². The second kappa shape index (κ2) is 10.1. The van der Waals surface area contributed by atoms with Gasteiger partial charge in [-0.05, 0) is 63.6 Å². The van der Waals surface area contributed by atoms with E-state index in [4.69, 9.17) is 9.57 Å². The lowest BCUT2D eigenvalue weighted by molar-refractivity contribution is -0.726. The number of methoxy groups -OCH3 is 1. The van der Waals surface area contributed by atoms with E-state index in [2.05, 4.69) is 47.4 Å². The lowest BCUT2D eigenvalue weighted by atomic mass is 9.98. The second-order valence-corrected chi connectivity index (χ2v) is 15.8. The summed E-state index contributed by atoms with van der Waals surface area (Å²) in [6, 6.07) is 8.16. The van der Waals surface area contributed by atoms with Gasteiger partial charge in [0, 0.05) is 6.20 Å². The molecule has 0 amide bonds. The zero-order valence-electron chi connectivity index (χ0n) is 21.0. The Kier molecular flexibility index (Phi) is 7.66. The highest BCUT2D eigenvalue weighted by molar-refractivity contribution is 6.88. The molecular weight excluding hydrogens is 436 g/mol. The Balaban J connectivity index is 1.58. The van der Waals surface area contributed by atoms with E-state index in [0.717, 1.165) is 30.3 Å². The van der Waals surface area contributed by atoms with Crippen molar-refractivity contribution in [2.75, 3.05) is 13.7 Å². The highest BCUT2D eigenvalue weighted by Crippen LogP contribution is 2.36. The Bertz CT molecular complexity index is 933. The molecule has 0 unspecified atom stereocenters. The minimum atomic E-state index is -1.52. The standard InChI is InChI=1S/C23H38N6O3Si/c1-23(2,3)28(15-14-27-17-22(24-25-27)33(5,6)7)29(30)26-32-21-13-10-19(16-21)18-8-11-20(31-4)12-9-18/h8-9,11-12,17,19,21H,10,13-16H2,1-7H3/t19-,21+/m1/s1. The van der Waals surface area contributed by atoms with Crippen LogP contribution in [0.1, 0.15) is 51.5 Å². The fourth-order valence-corrected chi connectivity index (χ4v) is 4.87. The van der Waals surface area contributed by atoms with Crippen LogP contribution in [-0.4, -0.2) is 58.3 Å². The van der Waals surface area contributed by atoms with Gasteiger partial charge in [-0.3, -0.25) is 4.68 Å². The van der Waals surface area contributed by atoms with E-state index in [0.29, 0.717) is 24.0 Å². The third-order valence-electron chi connectivity index (χ3n) is 6.07. The van der Waals surface area contributed by atoms with Crippen molar-refractivity contribution in [2.24, 2.45) is 5.28 Å². The molecule has 2 atom stereocenters. The Morgan fingerprint density at radius 1 is 1.21 bits per heavy atom. The summed E-state index contributed by atoms with van der Waals surface area (Å²) in [6.45, 7) is 13.7. The predicted octanol–water partition coefficient (Wildman–Crippen LogP) is 4.08. The molecule has 0 saturated heterocycles. The first-order valence-corrected chi connectivity index (χ1v) is 15.1. The first-order valence-electron chi connectivity index (χ1n) is 11.6. The maximum Gasteiger partial charge on any atom is 0.233 e. The minimum Gasteiger partial charge on any atom is -0.569 e. The number of benzene rings is 1. The van der Waals surface area contributed by atoms with Crippen molar-refractivity contribution in [3.63, 3.8) is 0 Å². The van der Waals surface area contributed by atoms with Crippen molar-refractivity contribution in [2.45, 2.75) is 83.8 Å². The fraction of sp³-hybridized carbons (Fsp3) is 0.652. The lowest BCUT2D eigenvalue weighted by Crippen LogP contribution is -2.47. The number of hydrogen-bond donors (Lipinski definition) is 0. The van der Waals surface area contributed by atoms with Crippen LogP contribution in [0.2, 0.25) is 19.6 Å². The largest absolute Gasteiger partial charge is 0.569 e. The first kappa shape index (κ1) is 25.0. The summed E-state index contributed by atoms with van der Waals surface area (Å²) in [5.74, 6) is 1.26. The summed E-state index contributed by atoms with van der Waals surface area (Å²) in [5.41, 5.74) is 0.848. The van der Waals surface area contributed by atoms with E-state index < -0.39 is 13.6 Å². The molecule has 0 aliphatic heterocycles. The highest BCUT2D eigenvalue weighted by atomic mass is 28.3. The van der Waals surface area contributed by atoms with Gasteiger partial charge in [0.2, 0.25) is 5.28 Å². The zero-order valence-corrected chi connectivity index (χ0v) is 22.0. The quantitative estimate of drug-likeness (QED) is 0.235. The number of hydrogen-bond acceptors (Lipinski definition) is 6. The van der Waals surface area contributed by atoms with Gasteiger partial charge in [-0.2, -0.15) is 0 Å². The molecule has 1 fully saturated rings. The average Bonchev–Trinajstić information content (AvgIpc) is 3.41. The fourth-order valence-electron chi connectivity index (χ4n) is 3.99. The Morgan fingerprint density at radius 2 is 1.91 bits per heavy atom. The topological polar surface area (TPSA) is 90.8 Å². The van der Waals surface area contributed by atoms with Gasteiger partial charge in [0.1, 0.15) is 19.9 Å². The van der Waals surface area contributed by atoms with Crippen molar-refractivity contribution < 1.29 is 14.5 Å². The van der Waals surface area contributed by atoms with Gasteiger partial charge in [-0.25, -0.2) is 0 Å². The Labute approximate surface area is 197 Å². The molecule has 1 aromatic carbocycles. The molecule has 10 heteroatoms. The number of aromatic nitrogens is 3. The molecule has 182 valence electrons. The highest BCUT2D eigenvalue weighted by Gasteiger charge is 2.31. The zero-order chi connectivity index (χ0) is 24.2. The molecular formula is C23H38N6O3Si. The monoisotopic (exact) mass is 474 g/mol. The van der Waals surface area contributed by atoms with Gasteiger partial charge in [0.15, 0.2) is 0 Å². The summed E-state index contributed by atoms with van der Waals surface area (Å²) in [6.07, 6.45) is 4.66. The predicted molar refractivity (Wildman–Crippen MR) is 130 cm³/mol. The van der Waals surface area contributed by atoms with Crippen LogP contribution in [0.15, 0.2) is 35.7 Å².